The number of nitrogens with zero attached hydrogens (tertiary/aromatic N) is 2. The summed E-state index contributed by atoms with van der Waals surface area (Å²) in [5.74, 6) is 0.876. The van der Waals surface area contributed by atoms with E-state index in [2.05, 4.69) is 53.2 Å². The number of fused-ring (bicyclic) bond motifs is 5. The van der Waals surface area contributed by atoms with Gasteiger partial charge in [0.05, 0.1) is 5.69 Å². The third-order valence-electron chi connectivity index (χ3n) is 4.66. The van der Waals surface area contributed by atoms with Crippen LogP contribution in [0.2, 0.25) is 0 Å². The minimum Gasteiger partial charge on any atom is -0.483 e. The van der Waals surface area contributed by atoms with Crippen molar-refractivity contribution in [3.05, 3.63) is 95.8 Å². The van der Waals surface area contributed by atoms with Crippen LogP contribution in [-0.2, 0) is 13.2 Å². The molecule has 2 aliphatic heterocycles. The first-order chi connectivity index (χ1) is 12.4. The van der Waals surface area contributed by atoms with E-state index in [0.29, 0.717) is 6.61 Å². The average Bonchev–Trinajstić information content (AvgIpc) is 3.06. The van der Waals surface area contributed by atoms with Gasteiger partial charge in [-0.15, -0.1) is 0 Å². The predicted molar refractivity (Wildman–Crippen MR) is 98.0 cm³/mol. The second kappa shape index (κ2) is 5.71. The van der Waals surface area contributed by atoms with Crippen molar-refractivity contribution >= 4 is 17.0 Å². The lowest BCUT2D eigenvalue weighted by molar-refractivity contribution is -0.689. The van der Waals surface area contributed by atoms with Gasteiger partial charge in [-0.2, -0.15) is 4.57 Å². The van der Waals surface area contributed by atoms with Crippen molar-refractivity contribution < 1.29 is 9.30 Å². The summed E-state index contributed by atoms with van der Waals surface area (Å²) in [4.78, 5) is 4.82. The molecule has 1 aromatic heterocycles. The minimum atomic E-state index is 0.577. The van der Waals surface area contributed by atoms with Gasteiger partial charge in [0, 0.05) is 17.2 Å². The van der Waals surface area contributed by atoms with Crippen molar-refractivity contribution in [1.82, 2.24) is 0 Å². The molecule has 0 unspecified atom stereocenters. The van der Waals surface area contributed by atoms with E-state index < -0.39 is 0 Å². The molecule has 0 spiro atoms. The molecule has 5 rings (SSSR count). The molecule has 2 aliphatic rings. The molecule has 0 saturated carbocycles. The fourth-order valence-electron chi connectivity index (χ4n) is 3.41. The second-order valence-corrected chi connectivity index (χ2v) is 6.27. The summed E-state index contributed by atoms with van der Waals surface area (Å²) in [6.07, 6.45) is 4.32. The van der Waals surface area contributed by atoms with E-state index in [1.807, 2.05) is 30.3 Å². The number of hydrogen-bond acceptors (Lipinski definition) is 2. The van der Waals surface area contributed by atoms with Crippen LogP contribution in [0, 0.1) is 0 Å². The summed E-state index contributed by atoms with van der Waals surface area (Å²) in [6, 6.07) is 22.7. The summed E-state index contributed by atoms with van der Waals surface area (Å²) >= 11 is 0. The Bertz CT molecular complexity index is 1020. The van der Waals surface area contributed by atoms with Crippen LogP contribution in [0.25, 0.3) is 5.57 Å². The molecule has 3 heteroatoms. The van der Waals surface area contributed by atoms with Crippen LogP contribution in [0.5, 0.6) is 5.75 Å². The van der Waals surface area contributed by atoms with Gasteiger partial charge >= 0.3 is 0 Å². The number of aliphatic imine (C=N–C) groups is 1. The summed E-state index contributed by atoms with van der Waals surface area (Å²) < 4.78 is 8.15. The first-order valence-corrected chi connectivity index (χ1v) is 8.48. The molecule has 3 aromatic rings. The van der Waals surface area contributed by atoms with E-state index in [9.17, 15) is 0 Å². The van der Waals surface area contributed by atoms with Gasteiger partial charge in [-0.05, 0) is 23.8 Å². The second-order valence-electron chi connectivity index (χ2n) is 6.27. The van der Waals surface area contributed by atoms with Crippen LogP contribution < -0.4 is 9.30 Å². The van der Waals surface area contributed by atoms with E-state index in [0.717, 1.165) is 29.4 Å². The molecule has 0 bridgehead atoms. The largest absolute Gasteiger partial charge is 0.483 e. The Morgan fingerprint density at radius 1 is 0.920 bits per heavy atom. The first-order valence-electron chi connectivity index (χ1n) is 8.48. The predicted octanol–water partition coefficient (Wildman–Crippen LogP) is 4.08. The summed E-state index contributed by atoms with van der Waals surface area (Å²) in [7, 11) is 0. The van der Waals surface area contributed by atoms with Gasteiger partial charge in [0.25, 0.3) is 0 Å². The third kappa shape index (κ3) is 2.45. The molecule has 2 aromatic carbocycles. The molecule has 120 valence electrons. The van der Waals surface area contributed by atoms with Crippen LogP contribution >= 0.6 is 0 Å². The number of hydrogen-bond donors (Lipinski definition) is 0. The van der Waals surface area contributed by atoms with Crippen LogP contribution in [0.4, 0.5) is 5.69 Å². The highest BCUT2D eigenvalue weighted by Crippen LogP contribution is 2.37. The van der Waals surface area contributed by atoms with Crippen molar-refractivity contribution in [2.45, 2.75) is 13.2 Å². The van der Waals surface area contributed by atoms with Crippen LogP contribution in [-0.4, -0.2) is 5.71 Å². The number of para-hydroxylation sites is 1. The van der Waals surface area contributed by atoms with E-state index in [4.69, 9.17) is 9.73 Å². The number of rotatable bonds is 3. The van der Waals surface area contributed by atoms with Crippen molar-refractivity contribution in [2.24, 2.45) is 4.99 Å². The summed E-state index contributed by atoms with van der Waals surface area (Å²) in [6.45, 7) is 1.41. The quantitative estimate of drug-likeness (QED) is 0.666. The maximum atomic E-state index is 5.95. The maximum absolute atomic E-state index is 5.95. The van der Waals surface area contributed by atoms with Gasteiger partial charge in [0.2, 0.25) is 11.9 Å². The number of benzene rings is 2. The Labute approximate surface area is 146 Å². The Balaban J connectivity index is 1.43. The first kappa shape index (κ1) is 14.2. The fraction of sp³-hybridized carbons (Fsp3) is 0.0909. The zero-order valence-corrected chi connectivity index (χ0v) is 13.7. The van der Waals surface area contributed by atoms with Crippen molar-refractivity contribution in [3.8, 4) is 5.75 Å². The van der Waals surface area contributed by atoms with E-state index >= 15 is 0 Å². The lowest BCUT2D eigenvalue weighted by Crippen LogP contribution is -2.42. The normalized spacial score (nSPS) is 14.1. The molecule has 0 radical (unpaired) electrons. The standard InChI is InChI=1S/C22H17N2O/c1-2-6-16(7-3-1)15-25-17-10-11-21-22-19(12-13-24(21)14-17)18-8-4-5-9-20(18)23-22/h1-12,14H,13,15H2/q+1. The zero-order chi connectivity index (χ0) is 16.6. The molecule has 0 amide bonds. The fourth-order valence-corrected chi connectivity index (χ4v) is 3.41. The van der Waals surface area contributed by atoms with Crippen LogP contribution in [0.15, 0.2) is 84.0 Å². The van der Waals surface area contributed by atoms with E-state index in [1.54, 1.807) is 0 Å². The van der Waals surface area contributed by atoms with Gasteiger partial charge < -0.3 is 4.74 Å². The number of ether oxygens (including phenoxy) is 1. The van der Waals surface area contributed by atoms with Gasteiger partial charge in [0.1, 0.15) is 12.3 Å². The van der Waals surface area contributed by atoms with Crippen LogP contribution in [0.1, 0.15) is 16.8 Å². The van der Waals surface area contributed by atoms with Gasteiger partial charge in [-0.3, -0.25) is 0 Å². The lowest BCUT2D eigenvalue weighted by atomic mass is 9.98. The lowest BCUT2D eigenvalue weighted by Gasteiger charge is -2.12. The Morgan fingerprint density at radius 2 is 1.76 bits per heavy atom. The summed E-state index contributed by atoms with van der Waals surface area (Å²) in [5, 5.41) is 0. The zero-order valence-electron chi connectivity index (χ0n) is 13.7. The molecular formula is C22H17N2O+. The SMILES string of the molecule is C1=C2C(=Nc3ccccc32)c2ccc(OCc3ccccc3)c[n+]2C1. The maximum Gasteiger partial charge on any atom is 0.232 e. The molecule has 0 saturated heterocycles. The van der Waals surface area contributed by atoms with Crippen molar-refractivity contribution in [3.63, 3.8) is 0 Å². The Kier molecular flexibility index (Phi) is 3.23. The number of allylic oxidation sites excluding steroid dienone is 2. The summed E-state index contributed by atoms with van der Waals surface area (Å²) in [5.41, 5.74) is 6.90. The van der Waals surface area contributed by atoms with Gasteiger partial charge in [-0.25, -0.2) is 4.99 Å². The highest BCUT2D eigenvalue weighted by atomic mass is 16.5. The van der Waals surface area contributed by atoms with E-state index in [1.165, 1.54) is 16.7 Å². The van der Waals surface area contributed by atoms with Crippen LogP contribution in [0.3, 0.4) is 0 Å². The Morgan fingerprint density at radius 3 is 2.68 bits per heavy atom. The highest BCUT2D eigenvalue weighted by molar-refractivity contribution is 6.35. The molecular weight excluding hydrogens is 308 g/mol. The molecule has 0 atom stereocenters. The smallest absolute Gasteiger partial charge is 0.232 e. The highest BCUT2D eigenvalue weighted by Gasteiger charge is 2.31. The number of aromatic nitrogens is 1. The molecule has 0 N–H and O–H groups in total. The minimum absolute atomic E-state index is 0.577. The van der Waals surface area contributed by atoms with E-state index in [-0.39, 0.29) is 0 Å². The molecule has 25 heavy (non-hydrogen) atoms. The number of pyridine rings is 1. The van der Waals surface area contributed by atoms with Gasteiger partial charge in [-0.1, -0.05) is 48.5 Å². The molecule has 3 nitrogen and oxygen atoms in total. The molecule has 0 aliphatic carbocycles. The molecule has 3 heterocycles. The van der Waals surface area contributed by atoms with Crippen molar-refractivity contribution in [1.29, 1.82) is 0 Å². The Hall–Kier alpha value is -3.20. The van der Waals surface area contributed by atoms with Crippen molar-refractivity contribution in [2.75, 3.05) is 0 Å². The van der Waals surface area contributed by atoms with Gasteiger partial charge in [0.15, 0.2) is 12.3 Å². The average molecular weight is 325 g/mol. The monoisotopic (exact) mass is 325 g/mol. The third-order valence-corrected chi connectivity index (χ3v) is 4.66. The molecule has 0 fully saturated rings. The topological polar surface area (TPSA) is 25.5 Å².